The number of benzene rings is 1. The average Bonchev–Trinajstić information content (AvgIpc) is 3.50. The number of rotatable bonds is 5. The van der Waals surface area contributed by atoms with Crippen molar-refractivity contribution >= 4 is 39.6 Å². The summed E-state index contributed by atoms with van der Waals surface area (Å²) >= 11 is 1.20. The maximum atomic E-state index is 13.3. The Kier molecular flexibility index (Phi) is 5.60. The Morgan fingerprint density at radius 3 is 2.49 bits per heavy atom. The zero-order valence-corrected chi connectivity index (χ0v) is 20.5. The predicted molar refractivity (Wildman–Crippen MR) is 132 cm³/mol. The number of carbonyl (C=O) groups is 2. The van der Waals surface area contributed by atoms with Gasteiger partial charge in [0.1, 0.15) is 22.1 Å². The number of Topliss-reactive ketones (excluding diaryl/α,β-unsaturated/α-hetero) is 1. The SMILES string of the molecule is CCOc1ccc(C2C(=C(O)c3nc4c(C)cccn4c3C)C(=O)C(=O)N2c2nnc(C)s2)cc1. The topological polar surface area (TPSA) is 110 Å². The highest BCUT2D eigenvalue weighted by molar-refractivity contribution is 7.15. The van der Waals surface area contributed by atoms with Crippen LogP contribution in [0.1, 0.15) is 40.5 Å². The second kappa shape index (κ2) is 8.62. The number of nitrogens with zero attached hydrogens (tertiary/aromatic N) is 5. The number of hydrogen-bond acceptors (Lipinski definition) is 8. The van der Waals surface area contributed by atoms with Crippen molar-refractivity contribution in [2.45, 2.75) is 33.7 Å². The molecule has 4 aromatic rings. The maximum absolute atomic E-state index is 13.3. The molecule has 1 amide bonds. The van der Waals surface area contributed by atoms with Crippen molar-refractivity contribution in [1.82, 2.24) is 19.6 Å². The number of aromatic nitrogens is 4. The van der Waals surface area contributed by atoms with Gasteiger partial charge in [-0.2, -0.15) is 0 Å². The lowest BCUT2D eigenvalue weighted by atomic mass is 9.96. The van der Waals surface area contributed by atoms with Crippen molar-refractivity contribution in [2.24, 2.45) is 0 Å². The number of aliphatic hydroxyl groups is 1. The molecule has 1 saturated heterocycles. The molecule has 1 aromatic carbocycles. The lowest BCUT2D eigenvalue weighted by Crippen LogP contribution is -2.29. The summed E-state index contributed by atoms with van der Waals surface area (Å²) in [4.78, 5) is 32.5. The minimum absolute atomic E-state index is 0.0452. The van der Waals surface area contributed by atoms with Crippen molar-refractivity contribution in [3.05, 3.63) is 75.7 Å². The maximum Gasteiger partial charge on any atom is 0.301 e. The van der Waals surface area contributed by atoms with E-state index in [2.05, 4.69) is 15.2 Å². The predicted octanol–water partition coefficient (Wildman–Crippen LogP) is 4.14. The summed E-state index contributed by atoms with van der Waals surface area (Å²) in [6.45, 7) is 7.90. The molecule has 1 N–H and O–H groups in total. The van der Waals surface area contributed by atoms with Gasteiger partial charge in [0.2, 0.25) is 5.13 Å². The fourth-order valence-corrected chi connectivity index (χ4v) is 5.03. The molecule has 1 atom stereocenters. The number of amides is 1. The fourth-order valence-electron chi connectivity index (χ4n) is 4.32. The molecule has 1 aliphatic heterocycles. The largest absolute Gasteiger partial charge is 0.505 e. The molecule has 4 heterocycles. The van der Waals surface area contributed by atoms with Crippen LogP contribution in [0, 0.1) is 20.8 Å². The zero-order chi connectivity index (χ0) is 24.9. The Morgan fingerprint density at radius 1 is 1.11 bits per heavy atom. The first kappa shape index (κ1) is 22.7. The second-order valence-electron chi connectivity index (χ2n) is 8.21. The Morgan fingerprint density at radius 2 is 1.86 bits per heavy atom. The fraction of sp³-hybridized carbons (Fsp3) is 0.240. The highest BCUT2D eigenvalue weighted by atomic mass is 32.1. The molecular weight excluding hydrogens is 466 g/mol. The average molecular weight is 490 g/mol. The molecule has 35 heavy (non-hydrogen) atoms. The molecule has 10 heteroatoms. The molecule has 0 spiro atoms. The minimum atomic E-state index is -0.900. The molecule has 0 saturated carbocycles. The van der Waals surface area contributed by atoms with Crippen molar-refractivity contribution < 1.29 is 19.4 Å². The molecule has 0 radical (unpaired) electrons. The molecule has 1 unspecified atom stereocenters. The molecule has 1 fully saturated rings. The van der Waals surface area contributed by atoms with E-state index in [-0.39, 0.29) is 22.2 Å². The van der Waals surface area contributed by atoms with E-state index in [0.29, 0.717) is 34.3 Å². The lowest BCUT2D eigenvalue weighted by Gasteiger charge is -2.22. The summed E-state index contributed by atoms with van der Waals surface area (Å²) in [5.41, 5.74) is 3.07. The highest BCUT2D eigenvalue weighted by Gasteiger charge is 2.48. The smallest absolute Gasteiger partial charge is 0.301 e. The number of carbonyl (C=O) groups excluding carboxylic acids is 2. The van der Waals surface area contributed by atoms with Gasteiger partial charge in [-0.25, -0.2) is 4.98 Å². The summed E-state index contributed by atoms with van der Waals surface area (Å²) in [5, 5.41) is 20.5. The molecule has 5 rings (SSSR count). The number of ether oxygens (including phenoxy) is 1. The van der Waals surface area contributed by atoms with Gasteiger partial charge in [-0.05, 0) is 57.0 Å². The molecule has 0 bridgehead atoms. The molecule has 1 aliphatic rings. The highest BCUT2D eigenvalue weighted by Crippen LogP contribution is 2.43. The van der Waals surface area contributed by atoms with E-state index in [1.54, 1.807) is 31.2 Å². The van der Waals surface area contributed by atoms with Crippen LogP contribution in [0.3, 0.4) is 0 Å². The van der Waals surface area contributed by atoms with E-state index in [0.717, 1.165) is 5.56 Å². The van der Waals surface area contributed by atoms with E-state index in [9.17, 15) is 14.7 Å². The van der Waals surface area contributed by atoms with Gasteiger partial charge >= 0.3 is 5.91 Å². The van der Waals surface area contributed by atoms with Crippen molar-refractivity contribution in [3.63, 3.8) is 0 Å². The van der Waals surface area contributed by atoms with Crippen LogP contribution in [-0.4, -0.2) is 43.0 Å². The Balaban J connectivity index is 1.73. The van der Waals surface area contributed by atoms with Gasteiger partial charge < -0.3 is 14.2 Å². The number of aliphatic hydroxyl groups excluding tert-OH is 1. The third kappa shape index (κ3) is 3.66. The first-order valence-electron chi connectivity index (χ1n) is 11.1. The Hall–Kier alpha value is -4.05. The number of hydrogen-bond donors (Lipinski definition) is 1. The third-order valence-corrected chi connectivity index (χ3v) is 6.82. The van der Waals surface area contributed by atoms with Crippen LogP contribution in [0.4, 0.5) is 5.13 Å². The standard InChI is InChI=1S/C25H23N5O4S/c1-5-34-17-10-8-16(9-11-17)20-18(22(32)24(33)30(20)25-28-27-15(4)35-25)21(31)19-14(3)29-12-6-7-13(2)23(29)26-19/h6-12,20,31H,5H2,1-4H3. The van der Waals surface area contributed by atoms with E-state index in [1.807, 2.05) is 43.5 Å². The van der Waals surface area contributed by atoms with E-state index < -0.39 is 17.7 Å². The molecule has 3 aromatic heterocycles. The van der Waals surface area contributed by atoms with Gasteiger partial charge in [0.25, 0.3) is 5.78 Å². The van der Waals surface area contributed by atoms with E-state index >= 15 is 0 Å². The summed E-state index contributed by atoms with van der Waals surface area (Å²) in [7, 11) is 0. The van der Waals surface area contributed by atoms with Gasteiger partial charge in [-0.3, -0.25) is 14.5 Å². The summed E-state index contributed by atoms with van der Waals surface area (Å²) < 4.78 is 7.39. The monoisotopic (exact) mass is 489 g/mol. The summed E-state index contributed by atoms with van der Waals surface area (Å²) in [6.07, 6.45) is 1.84. The molecule has 9 nitrogen and oxygen atoms in total. The number of ketones is 1. The number of anilines is 1. The number of aryl methyl sites for hydroxylation is 3. The quantitative estimate of drug-likeness (QED) is 0.255. The van der Waals surface area contributed by atoms with Crippen molar-refractivity contribution in [2.75, 3.05) is 11.5 Å². The number of imidazole rings is 1. The molecule has 0 aliphatic carbocycles. The van der Waals surface area contributed by atoms with Crippen molar-refractivity contribution in [3.8, 4) is 5.75 Å². The molecular formula is C25H23N5O4S. The lowest BCUT2D eigenvalue weighted by molar-refractivity contribution is -0.132. The third-order valence-electron chi connectivity index (χ3n) is 5.98. The first-order valence-corrected chi connectivity index (χ1v) is 11.9. The summed E-state index contributed by atoms with van der Waals surface area (Å²) in [6, 6.07) is 9.99. The number of pyridine rings is 1. The van der Waals surface area contributed by atoms with Crippen LogP contribution in [0.5, 0.6) is 5.75 Å². The van der Waals surface area contributed by atoms with Crippen LogP contribution in [0.25, 0.3) is 11.4 Å². The Labute approximate surface area is 205 Å². The van der Waals surface area contributed by atoms with Crippen molar-refractivity contribution in [1.29, 1.82) is 0 Å². The van der Waals surface area contributed by atoms with Gasteiger partial charge in [0.05, 0.1) is 23.9 Å². The number of fused-ring (bicyclic) bond motifs is 1. The van der Waals surface area contributed by atoms with Crippen LogP contribution >= 0.6 is 11.3 Å². The van der Waals surface area contributed by atoms with Gasteiger partial charge in [-0.1, -0.05) is 29.5 Å². The van der Waals surface area contributed by atoms with Gasteiger partial charge in [0.15, 0.2) is 5.76 Å². The van der Waals surface area contributed by atoms with Crippen LogP contribution in [-0.2, 0) is 9.59 Å². The second-order valence-corrected chi connectivity index (χ2v) is 9.37. The van der Waals surface area contributed by atoms with E-state index in [1.165, 1.54) is 16.2 Å². The Bertz CT molecular complexity index is 1500. The first-order chi connectivity index (χ1) is 16.8. The van der Waals surface area contributed by atoms with Crippen LogP contribution in [0.2, 0.25) is 0 Å². The minimum Gasteiger partial charge on any atom is -0.505 e. The van der Waals surface area contributed by atoms with Gasteiger partial charge in [0, 0.05) is 6.20 Å². The summed E-state index contributed by atoms with van der Waals surface area (Å²) in [5.74, 6) is -1.25. The van der Waals surface area contributed by atoms with Crippen LogP contribution in [0.15, 0.2) is 48.2 Å². The van der Waals surface area contributed by atoms with E-state index in [4.69, 9.17) is 4.74 Å². The van der Waals surface area contributed by atoms with Gasteiger partial charge in [-0.15, -0.1) is 10.2 Å². The zero-order valence-electron chi connectivity index (χ0n) is 19.6. The molecule has 178 valence electrons. The normalized spacial score (nSPS) is 17.5. The van der Waals surface area contributed by atoms with Crippen LogP contribution < -0.4 is 9.64 Å².